The Morgan fingerprint density at radius 2 is 1.90 bits per heavy atom. The normalized spacial score (nSPS) is 14.9. The maximum absolute atomic E-state index is 13.8. The average Bonchev–Trinajstić information content (AvgIpc) is 2.99. The summed E-state index contributed by atoms with van der Waals surface area (Å²) < 4.78 is 14.1. The molecule has 1 aromatic heterocycles. The summed E-state index contributed by atoms with van der Waals surface area (Å²) in [5.41, 5.74) is 5.19. The number of halogens is 1. The van der Waals surface area contributed by atoms with Crippen LogP contribution in [0, 0.1) is 5.82 Å². The molecule has 1 saturated heterocycles. The maximum atomic E-state index is 13.8. The van der Waals surface area contributed by atoms with Gasteiger partial charge in [0.2, 0.25) is 5.91 Å². The van der Waals surface area contributed by atoms with E-state index < -0.39 is 23.5 Å². The molecule has 29 heavy (non-hydrogen) atoms. The van der Waals surface area contributed by atoms with Gasteiger partial charge in [0.15, 0.2) is 0 Å². The van der Waals surface area contributed by atoms with Gasteiger partial charge in [-0.15, -0.1) is 0 Å². The van der Waals surface area contributed by atoms with Gasteiger partial charge in [0.1, 0.15) is 10.1 Å². The fourth-order valence-corrected chi connectivity index (χ4v) is 3.70. The number of hydrogen-bond acceptors (Lipinski definition) is 6. The Bertz CT molecular complexity index is 998. The van der Waals surface area contributed by atoms with Crippen molar-refractivity contribution in [1.29, 1.82) is 0 Å². The van der Waals surface area contributed by atoms with Gasteiger partial charge in [-0.05, 0) is 24.3 Å². The van der Waals surface area contributed by atoms with Crippen LogP contribution in [0.1, 0.15) is 22.3 Å². The predicted molar refractivity (Wildman–Crippen MR) is 111 cm³/mol. The van der Waals surface area contributed by atoms with Crippen molar-refractivity contribution in [3.05, 3.63) is 70.6 Å². The van der Waals surface area contributed by atoms with Crippen LogP contribution >= 0.6 is 24.0 Å². The van der Waals surface area contributed by atoms with Crippen LogP contribution in [0.2, 0.25) is 0 Å². The van der Waals surface area contributed by atoms with E-state index in [4.69, 9.17) is 12.2 Å². The summed E-state index contributed by atoms with van der Waals surface area (Å²) >= 11 is 6.24. The predicted octanol–water partition coefficient (Wildman–Crippen LogP) is 2.27. The number of hydrazine groups is 1. The summed E-state index contributed by atoms with van der Waals surface area (Å²) in [5, 5.41) is 0. The number of carbonyl (C=O) groups excluding carboxylic acids is 3. The lowest BCUT2D eigenvalue weighted by Crippen LogP contribution is -2.43. The summed E-state index contributed by atoms with van der Waals surface area (Å²) in [6.45, 7) is 0.0379. The molecule has 148 valence electrons. The second-order valence-electron chi connectivity index (χ2n) is 5.84. The molecule has 1 aliphatic rings. The van der Waals surface area contributed by atoms with Gasteiger partial charge < -0.3 is 0 Å². The van der Waals surface area contributed by atoms with Gasteiger partial charge in [-0.1, -0.05) is 42.2 Å². The lowest BCUT2D eigenvalue weighted by Gasteiger charge is -2.14. The molecular weight excluding hydrogens is 415 g/mol. The van der Waals surface area contributed by atoms with Gasteiger partial charge in [0.05, 0.1) is 4.91 Å². The number of rotatable bonds is 5. The Balaban J connectivity index is 1.53. The fraction of sp³-hybridized carbons (Fsp3) is 0.105. The van der Waals surface area contributed by atoms with Crippen LogP contribution in [0.5, 0.6) is 0 Å². The number of amides is 3. The largest absolute Gasteiger partial charge is 0.292 e. The van der Waals surface area contributed by atoms with E-state index in [9.17, 15) is 18.8 Å². The van der Waals surface area contributed by atoms with Crippen LogP contribution in [-0.4, -0.2) is 38.5 Å². The SMILES string of the molecule is O=C(CCN1C(=O)C(=Cc2ccccc2F)SC1=S)NNC(=O)c1ccncc1. The van der Waals surface area contributed by atoms with Gasteiger partial charge in [-0.2, -0.15) is 0 Å². The number of nitrogens with one attached hydrogen (secondary N) is 2. The number of pyridine rings is 1. The molecule has 0 spiro atoms. The molecule has 0 radical (unpaired) electrons. The highest BCUT2D eigenvalue weighted by Crippen LogP contribution is 2.32. The minimum atomic E-state index is -0.487. The molecule has 10 heteroatoms. The topological polar surface area (TPSA) is 91.4 Å². The summed E-state index contributed by atoms with van der Waals surface area (Å²) in [7, 11) is 0. The monoisotopic (exact) mass is 430 g/mol. The first-order valence-corrected chi connectivity index (χ1v) is 9.67. The van der Waals surface area contributed by atoms with Crippen molar-refractivity contribution in [1.82, 2.24) is 20.7 Å². The molecule has 0 bridgehead atoms. The van der Waals surface area contributed by atoms with E-state index in [-0.39, 0.29) is 27.8 Å². The highest BCUT2D eigenvalue weighted by Gasteiger charge is 2.32. The standard InChI is InChI=1S/C19H15FN4O3S2/c20-14-4-2-1-3-13(14)11-15-18(27)24(19(28)29-15)10-7-16(25)22-23-17(26)12-5-8-21-9-6-12/h1-6,8-9,11H,7,10H2,(H,22,25)(H,23,26). The summed E-state index contributed by atoms with van der Waals surface area (Å²) in [6, 6.07) is 9.09. The van der Waals surface area contributed by atoms with Crippen LogP contribution in [0.25, 0.3) is 6.08 Å². The average molecular weight is 430 g/mol. The number of thioether (sulfide) groups is 1. The molecule has 0 aliphatic carbocycles. The van der Waals surface area contributed by atoms with Gasteiger partial charge in [-0.3, -0.25) is 35.1 Å². The van der Waals surface area contributed by atoms with Crippen molar-refractivity contribution in [2.45, 2.75) is 6.42 Å². The van der Waals surface area contributed by atoms with Gasteiger partial charge in [0, 0.05) is 36.5 Å². The third-order valence-electron chi connectivity index (χ3n) is 3.89. The molecule has 0 atom stereocenters. The number of hydrogen-bond donors (Lipinski definition) is 2. The number of thiocarbonyl (C=S) groups is 1. The summed E-state index contributed by atoms with van der Waals surface area (Å²) in [5.74, 6) is -1.81. The lowest BCUT2D eigenvalue weighted by atomic mass is 10.2. The molecule has 3 rings (SSSR count). The third kappa shape index (κ3) is 5.24. The zero-order valence-electron chi connectivity index (χ0n) is 14.9. The molecule has 7 nitrogen and oxygen atoms in total. The van der Waals surface area contributed by atoms with Gasteiger partial charge in [-0.25, -0.2) is 4.39 Å². The van der Waals surface area contributed by atoms with E-state index in [1.807, 2.05) is 0 Å². The second kappa shape index (κ2) is 9.39. The van der Waals surface area contributed by atoms with E-state index in [1.165, 1.54) is 41.6 Å². The Morgan fingerprint density at radius 3 is 2.62 bits per heavy atom. The highest BCUT2D eigenvalue weighted by atomic mass is 32.2. The second-order valence-corrected chi connectivity index (χ2v) is 7.52. The molecule has 0 saturated carbocycles. The summed E-state index contributed by atoms with van der Waals surface area (Å²) in [6.07, 6.45) is 4.28. The minimum Gasteiger partial charge on any atom is -0.292 e. The molecule has 2 aromatic rings. The number of carbonyl (C=O) groups is 3. The van der Waals surface area contributed by atoms with Crippen molar-refractivity contribution in [3.63, 3.8) is 0 Å². The van der Waals surface area contributed by atoms with Crippen LogP contribution < -0.4 is 10.9 Å². The number of benzene rings is 1. The van der Waals surface area contributed by atoms with Crippen LogP contribution in [0.3, 0.4) is 0 Å². The molecule has 1 fully saturated rings. The van der Waals surface area contributed by atoms with Gasteiger partial charge in [0.25, 0.3) is 11.8 Å². The van der Waals surface area contributed by atoms with Crippen LogP contribution in [0.15, 0.2) is 53.7 Å². The zero-order chi connectivity index (χ0) is 20.8. The van der Waals surface area contributed by atoms with Crippen molar-refractivity contribution in [2.24, 2.45) is 0 Å². The molecule has 1 aliphatic heterocycles. The Morgan fingerprint density at radius 1 is 1.17 bits per heavy atom. The zero-order valence-corrected chi connectivity index (χ0v) is 16.6. The summed E-state index contributed by atoms with van der Waals surface area (Å²) in [4.78, 5) is 41.7. The quantitative estimate of drug-likeness (QED) is 0.430. The first-order chi connectivity index (χ1) is 14.0. The van der Waals surface area contributed by atoms with E-state index in [0.29, 0.717) is 5.56 Å². The van der Waals surface area contributed by atoms with Crippen molar-refractivity contribution < 1.29 is 18.8 Å². The van der Waals surface area contributed by atoms with E-state index in [1.54, 1.807) is 18.2 Å². The van der Waals surface area contributed by atoms with E-state index in [0.717, 1.165) is 11.8 Å². The minimum absolute atomic E-state index is 0.0379. The van der Waals surface area contributed by atoms with Crippen molar-refractivity contribution in [3.8, 4) is 0 Å². The molecule has 1 aromatic carbocycles. The van der Waals surface area contributed by atoms with Gasteiger partial charge >= 0.3 is 0 Å². The molecule has 2 N–H and O–H groups in total. The molecular formula is C19H15FN4O3S2. The van der Waals surface area contributed by atoms with Crippen LogP contribution in [0.4, 0.5) is 4.39 Å². The maximum Gasteiger partial charge on any atom is 0.269 e. The fourth-order valence-electron chi connectivity index (χ4n) is 2.40. The number of nitrogens with zero attached hydrogens (tertiary/aromatic N) is 2. The lowest BCUT2D eigenvalue weighted by molar-refractivity contribution is -0.124. The first kappa shape index (κ1) is 20.6. The molecule has 0 unspecified atom stereocenters. The Labute approximate surface area is 175 Å². The third-order valence-corrected chi connectivity index (χ3v) is 5.26. The van der Waals surface area contributed by atoms with E-state index >= 15 is 0 Å². The Kier molecular flexibility index (Phi) is 6.68. The van der Waals surface area contributed by atoms with Crippen molar-refractivity contribution in [2.75, 3.05) is 6.54 Å². The van der Waals surface area contributed by atoms with Crippen molar-refractivity contribution >= 4 is 52.1 Å². The molecule has 2 heterocycles. The number of aromatic nitrogens is 1. The van der Waals surface area contributed by atoms with E-state index in [2.05, 4.69) is 15.8 Å². The molecule has 3 amide bonds. The Hall–Kier alpha value is -3.11. The highest BCUT2D eigenvalue weighted by molar-refractivity contribution is 8.26. The first-order valence-electron chi connectivity index (χ1n) is 8.45. The smallest absolute Gasteiger partial charge is 0.269 e. The van der Waals surface area contributed by atoms with Crippen LogP contribution in [-0.2, 0) is 9.59 Å².